The van der Waals surface area contributed by atoms with E-state index in [0.29, 0.717) is 18.2 Å². The van der Waals surface area contributed by atoms with Gasteiger partial charge >= 0.3 is 0 Å². The summed E-state index contributed by atoms with van der Waals surface area (Å²) in [5.41, 5.74) is 3.43. The number of hydrogen-bond donors (Lipinski definition) is 2. The summed E-state index contributed by atoms with van der Waals surface area (Å²) in [5.74, 6) is 1.51. The molecule has 0 fully saturated rings. The smallest absolute Gasteiger partial charge is 0.191 e. The van der Waals surface area contributed by atoms with E-state index >= 15 is 0 Å². The third kappa shape index (κ3) is 5.93. The predicted molar refractivity (Wildman–Crippen MR) is 107 cm³/mol. The first-order valence-electron chi connectivity index (χ1n) is 8.50. The van der Waals surface area contributed by atoms with Gasteiger partial charge < -0.3 is 20.1 Å². The molecule has 0 heterocycles. The molecule has 0 atom stereocenters. The Kier molecular flexibility index (Phi) is 8.25. The lowest BCUT2D eigenvalue weighted by Gasteiger charge is -2.14. The van der Waals surface area contributed by atoms with Crippen molar-refractivity contribution in [2.45, 2.75) is 19.6 Å². The Morgan fingerprint density at radius 1 is 1.04 bits per heavy atom. The van der Waals surface area contributed by atoms with Gasteiger partial charge in [-0.3, -0.25) is 4.99 Å². The van der Waals surface area contributed by atoms with Crippen molar-refractivity contribution in [2.75, 3.05) is 27.8 Å². The summed E-state index contributed by atoms with van der Waals surface area (Å²) in [6, 6.07) is 13.9. The van der Waals surface area contributed by atoms with Crippen molar-refractivity contribution in [2.24, 2.45) is 4.99 Å². The molecule has 0 saturated heterocycles. The lowest BCUT2D eigenvalue weighted by atomic mass is 10.1. The molecule has 5 nitrogen and oxygen atoms in total. The first-order valence-corrected chi connectivity index (χ1v) is 8.88. The minimum absolute atomic E-state index is 0.597. The second kappa shape index (κ2) is 10.7. The van der Waals surface area contributed by atoms with Crippen molar-refractivity contribution < 1.29 is 9.47 Å². The van der Waals surface area contributed by atoms with Gasteiger partial charge in [0.25, 0.3) is 0 Å². The Hall–Kier alpha value is -2.24. The van der Waals surface area contributed by atoms with E-state index in [1.807, 2.05) is 30.3 Å². The molecular formula is C20H26ClN3O2. The molecule has 0 radical (unpaired) electrons. The average molecular weight is 376 g/mol. The van der Waals surface area contributed by atoms with E-state index in [9.17, 15) is 0 Å². The number of benzene rings is 2. The van der Waals surface area contributed by atoms with Gasteiger partial charge in [0.15, 0.2) is 5.96 Å². The van der Waals surface area contributed by atoms with Crippen molar-refractivity contribution in [3.05, 3.63) is 64.2 Å². The highest BCUT2D eigenvalue weighted by molar-refractivity contribution is 6.31. The number of nitrogens with one attached hydrogen (secondary N) is 2. The van der Waals surface area contributed by atoms with Gasteiger partial charge in [0.05, 0.1) is 13.7 Å². The topological polar surface area (TPSA) is 54.9 Å². The maximum Gasteiger partial charge on any atom is 0.191 e. The fourth-order valence-corrected chi connectivity index (χ4v) is 2.86. The van der Waals surface area contributed by atoms with Crippen LogP contribution in [0.25, 0.3) is 0 Å². The van der Waals surface area contributed by atoms with Gasteiger partial charge in [-0.15, -0.1) is 0 Å². The molecule has 140 valence electrons. The molecule has 0 aliphatic carbocycles. The van der Waals surface area contributed by atoms with Crippen LogP contribution < -0.4 is 15.4 Å². The predicted octanol–water partition coefficient (Wildman–Crippen LogP) is 3.40. The third-order valence-corrected chi connectivity index (χ3v) is 4.39. The first kappa shape index (κ1) is 20.1. The first-order chi connectivity index (χ1) is 12.7. The summed E-state index contributed by atoms with van der Waals surface area (Å²) in [4.78, 5) is 4.27. The van der Waals surface area contributed by atoms with Crippen LogP contribution in [-0.4, -0.2) is 33.8 Å². The van der Waals surface area contributed by atoms with E-state index in [2.05, 4.69) is 27.8 Å². The molecule has 0 bridgehead atoms. The second-order valence-electron chi connectivity index (χ2n) is 5.76. The molecule has 0 aliphatic heterocycles. The number of hydrogen-bond acceptors (Lipinski definition) is 3. The zero-order valence-electron chi connectivity index (χ0n) is 15.5. The van der Waals surface area contributed by atoms with Crippen LogP contribution in [0.1, 0.15) is 16.7 Å². The van der Waals surface area contributed by atoms with Crippen LogP contribution in [0.5, 0.6) is 5.75 Å². The monoisotopic (exact) mass is 375 g/mol. The summed E-state index contributed by atoms with van der Waals surface area (Å²) in [6.07, 6.45) is 0.795. The Morgan fingerprint density at radius 2 is 1.81 bits per heavy atom. The number of aliphatic imine (C=N–C) groups is 1. The summed E-state index contributed by atoms with van der Waals surface area (Å²) < 4.78 is 10.4. The Labute approximate surface area is 160 Å². The van der Waals surface area contributed by atoms with Crippen LogP contribution >= 0.6 is 11.6 Å². The molecule has 0 amide bonds. The highest BCUT2D eigenvalue weighted by Crippen LogP contribution is 2.22. The van der Waals surface area contributed by atoms with E-state index in [-0.39, 0.29) is 0 Å². The number of halogens is 1. The number of methoxy groups -OCH3 is 2. The quantitative estimate of drug-likeness (QED) is 0.548. The highest BCUT2D eigenvalue weighted by atomic mass is 35.5. The van der Waals surface area contributed by atoms with Crippen molar-refractivity contribution in [1.29, 1.82) is 0 Å². The molecule has 0 aromatic heterocycles. The van der Waals surface area contributed by atoms with Gasteiger partial charge in [0, 0.05) is 32.3 Å². The molecular weight excluding hydrogens is 350 g/mol. The maximum atomic E-state index is 6.28. The van der Waals surface area contributed by atoms with E-state index < -0.39 is 0 Å². The van der Waals surface area contributed by atoms with E-state index in [4.69, 9.17) is 21.1 Å². The summed E-state index contributed by atoms with van der Waals surface area (Å²) in [6.45, 7) is 2.01. The Bertz CT molecular complexity index is 735. The van der Waals surface area contributed by atoms with Crippen LogP contribution in [0.4, 0.5) is 0 Å². The molecule has 2 N–H and O–H groups in total. The molecule has 2 aromatic rings. The molecule has 26 heavy (non-hydrogen) atoms. The maximum absolute atomic E-state index is 6.28. The average Bonchev–Trinajstić information content (AvgIpc) is 2.66. The third-order valence-electron chi connectivity index (χ3n) is 4.04. The highest BCUT2D eigenvalue weighted by Gasteiger charge is 2.05. The van der Waals surface area contributed by atoms with Crippen molar-refractivity contribution in [3.63, 3.8) is 0 Å². The summed E-state index contributed by atoms with van der Waals surface area (Å²) in [7, 11) is 5.10. The van der Waals surface area contributed by atoms with Gasteiger partial charge in [-0.2, -0.15) is 0 Å². The van der Waals surface area contributed by atoms with Gasteiger partial charge in [0.1, 0.15) is 5.75 Å². The zero-order valence-corrected chi connectivity index (χ0v) is 16.3. The molecule has 0 unspecified atom stereocenters. The molecule has 0 spiro atoms. The molecule has 6 heteroatoms. The second-order valence-corrected chi connectivity index (χ2v) is 6.17. The number of guanidine groups is 1. The minimum Gasteiger partial charge on any atom is -0.497 e. The Morgan fingerprint density at radius 3 is 2.46 bits per heavy atom. The van der Waals surface area contributed by atoms with Crippen LogP contribution in [0.2, 0.25) is 5.02 Å². The Balaban J connectivity index is 1.85. The van der Waals surface area contributed by atoms with Crippen LogP contribution in [0.3, 0.4) is 0 Å². The lowest BCUT2D eigenvalue weighted by molar-refractivity contribution is 0.184. The van der Waals surface area contributed by atoms with E-state index in [1.54, 1.807) is 21.3 Å². The van der Waals surface area contributed by atoms with Crippen LogP contribution in [0.15, 0.2) is 47.5 Å². The largest absolute Gasteiger partial charge is 0.497 e. The fourth-order valence-electron chi connectivity index (χ4n) is 2.60. The van der Waals surface area contributed by atoms with Gasteiger partial charge in [-0.05, 0) is 35.2 Å². The molecule has 0 saturated carbocycles. The standard InChI is InChI=1S/C20H26ClN3O2/c1-22-20(24-13-16-6-4-5-7-17(16)14-25-2)23-11-10-15-8-9-18(26-3)12-19(15)21/h4-9,12H,10-11,13-14H2,1-3H3,(H2,22,23,24). The normalized spacial score (nSPS) is 11.3. The molecule has 2 rings (SSSR count). The lowest BCUT2D eigenvalue weighted by Crippen LogP contribution is -2.38. The number of ether oxygens (including phenoxy) is 2. The number of nitrogens with zero attached hydrogens (tertiary/aromatic N) is 1. The zero-order chi connectivity index (χ0) is 18.8. The van der Waals surface area contributed by atoms with Gasteiger partial charge in [-0.25, -0.2) is 0 Å². The van der Waals surface area contributed by atoms with Gasteiger partial charge in [-0.1, -0.05) is 41.9 Å². The van der Waals surface area contributed by atoms with Crippen molar-refractivity contribution in [1.82, 2.24) is 10.6 Å². The molecule has 0 aliphatic rings. The summed E-state index contributed by atoms with van der Waals surface area (Å²) >= 11 is 6.28. The van der Waals surface area contributed by atoms with E-state index in [1.165, 1.54) is 11.1 Å². The van der Waals surface area contributed by atoms with Crippen LogP contribution in [-0.2, 0) is 24.3 Å². The number of rotatable bonds is 8. The summed E-state index contributed by atoms with van der Waals surface area (Å²) in [5, 5.41) is 7.36. The van der Waals surface area contributed by atoms with Crippen molar-refractivity contribution >= 4 is 17.6 Å². The SMILES string of the molecule is CN=C(NCCc1ccc(OC)cc1Cl)NCc1ccccc1COC. The minimum atomic E-state index is 0.597. The van der Waals surface area contributed by atoms with Gasteiger partial charge in [0.2, 0.25) is 0 Å². The van der Waals surface area contributed by atoms with Crippen molar-refractivity contribution in [3.8, 4) is 5.75 Å². The van der Waals surface area contributed by atoms with E-state index in [0.717, 1.165) is 30.2 Å². The van der Waals surface area contributed by atoms with Crippen LogP contribution in [0, 0.1) is 0 Å². The fraction of sp³-hybridized carbons (Fsp3) is 0.350. The molecule has 2 aromatic carbocycles.